The summed E-state index contributed by atoms with van der Waals surface area (Å²) < 4.78 is 12.8. The lowest BCUT2D eigenvalue weighted by Gasteiger charge is -2.06. The summed E-state index contributed by atoms with van der Waals surface area (Å²) in [5.41, 5.74) is 1.82. The van der Waals surface area contributed by atoms with E-state index in [1.807, 2.05) is 13.8 Å². The van der Waals surface area contributed by atoms with Gasteiger partial charge in [0.25, 0.3) is 0 Å². The van der Waals surface area contributed by atoms with Crippen molar-refractivity contribution in [2.75, 3.05) is 10.6 Å². The number of thiophene rings is 1. The second kappa shape index (κ2) is 5.72. The van der Waals surface area contributed by atoms with Crippen LogP contribution in [-0.4, -0.2) is 6.03 Å². The highest BCUT2D eigenvalue weighted by Gasteiger charge is 2.14. The summed E-state index contributed by atoms with van der Waals surface area (Å²) in [4.78, 5) is 12.8. The molecule has 20 heavy (non-hydrogen) atoms. The van der Waals surface area contributed by atoms with Gasteiger partial charge in [-0.15, -0.1) is 11.3 Å². The smallest absolute Gasteiger partial charge is 0.308 e. The van der Waals surface area contributed by atoms with Gasteiger partial charge in [-0.3, -0.25) is 5.32 Å². The van der Waals surface area contributed by atoms with Crippen molar-refractivity contribution >= 4 is 28.1 Å². The summed E-state index contributed by atoms with van der Waals surface area (Å²) in [6.07, 6.45) is 0. The van der Waals surface area contributed by atoms with Crippen LogP contribution in [0.2, 0.25) is 0 Å². The van der Waals surface area contributed by atoms with E-state index >= 15 is 0 Å². The molecule has 0 atom stereocenters. The van der Waals surface area contributed by atoms with Crippen LogP contribution in [0.15, 0.2) is 24.3 Å². The Kier molecular flexibility index (Phi) is 4.01. The van der Waals surface area contributed by atoms with Gasteiger partial charge in [0.2, 0.25) is 0 Å². The first-order valence-corrected chi connectivity index (χ1v) is 6.66. The minimum atomic E-state index is -0.464. The van der Waals surface area contributed by atoms with E-state index in [2.05, 4.69) is 16.7 Å². The zero-order valence-corrected chi connectivity index (χ0v) is 11.8. The number of benzene rings is 1. The van der Waals surface area contributed by atoms with E-state index in [1.54, 1.807) is 0 Å². The minimum Gasteiger partial charge on any atom is -0.308 e. The molecule has 2 aromatic rings. The van der Waals surface area contributed by atoms with Crippen molar-refractivity contribution in [3.63, 3.8) is 0 Å². The zero-order chi connectivity index (χ0) is 14.7. The second-order valence-corrected chi connectivity index (χ2v) is 5.41. The molecule has 2 N–H and O–H groups in total. The molecule has 1 aromatic carbocycles. The number of amides is 2. The molecule has 1 aromatic heterocycles. The molecule has 2 amide bonds. The van der Waals surface area contributed by atoms with Gasteiger partial charge in [-0.25, -0.2) is 9.18 Å². The normalized spacial score (nSPS) is 9.90. The molecule has 102 valence electrons. The third-order valence-electron chi connectivity index (χ3n) is 2.83. The Morgan fingerprint density at radius 3 is 2.50 bits per heavy atom. The van der Waals surface area contributed by atoms with Gasteiger partial charge in [-0.05, 0) is 43.7 Å². The summed E-state index contributed by atoms with van der Waals surface area (Å²) in [7, 11) is 0. The van der Waals surface area contributed by atoms with Crippen LogP contribution in [0.4, 0.5) is 19.9 Å². The molecule has 4 nitrogen and oxygen atoms in total. The topological polar surface area (TPSA) is 64.9 Å². The number of halogens is 1. The molecule has 0 aliphatic carbocycles. The first-order chi connectivity index (χ1) is 9.51. The number of rotatable bonds is 2. The van der Waals surface area contributed by atoms with Gasteiger partial charge in [-0.2, -0.15) is 5.26 Å². The monoisotopic (exact) mass is 289 g/mol. The number of aryl methyl sites for hydroxylation is 1. The fourth-order valence-electron chi connectivity index (χ4n) is 1.65. The molecule has 0 saturated carbocycles. The van der Waals surface area contributed by atoms with Gasteiger partial charge in [0.05, 0.1) is 5.56 Å². The van der Waals surface area contributed by atoms with Gasteiger partial charge >= 0.3 is 6.03 Å². The number of urea groups is 1. The van der Waals surface area contributed by atoms with E-state index < -0.39 is 6.03 Å². The van der Waals surface area contributed by atoms with Crippen LogP contribution in [0.5, 0.6) is 0 Å². The number of carbonyl (C=O) groups excluding carboxylic acids is 1. The van der Waals surface area contributed by atoms with Crippen molar-refractivity contribution < 1.29 is 9.18 Å². The van der Waals surface area contributed by atoms with Crippen LogP contribution in [0, 0.1) is 31.0 Å². The lowest BCUT2D eigenvalue weighted by atomic mass is 10.2. The van der Waals surface area contributed by atoms with Gasteiger partial charge in [0.1, 0.15) is 16.9 Å². The fourth-order valence-corrected chi connectivity index (χ4v) is 2.65. The molecule has 0 bridgehead atoms. The van der Waals surface area contributed by atoms with E-state index in [1.165, 1.54) is 35.6 Å². The number of nitriles is 1. The SMILES string of the molecule is Cc1sc(NC(=O)Nc2ccc(F)cc2)c(C#N)c1C. The molecule has 2 rings (SSSR count). The van der Waals surface area contributed by atoms with Crippen molar-refractivity contribution in [2.24, 2.45) is 0 Å². The average molecular weight is 289 g/mol. The Bertz CT molecular complexity index is 686. The van der Waals surface area contributed by atoms with Crippen molar-refractivity contribution in [3.8, 4) is 6.07 Å². The predicted molar refractivity (Wildman–Crippen MR) is 77.5 cm³/mol. The summed E-state index contributed by atoms with van der Waals surface area (Å²) in [6.45, 7) is 3.73. The quantitative estimate of drug-likeness (QED) is 0.877. The maximum absolute atomic E-state index is 12.8. The van der Waals surface area contributed by atoms with Crippen LogP contribution in [0.1, 0.15) is 16.0 Å². The van der Waals surface area contributed by atoms with E-state index in [-0.39, 0.29) is 5.82 Å². The minimum absolute atomic E-state index is 0.368. The van der Waals surface area contributed by atoms with Crippen LogP contribution in [0.3, 0.4) is 0 Å². The Morgan fingerprint density at radius 2 is 1.90 bits per heavy atom. The van der Waals surface area contributed by atoms with Gasteiger partial charge < -0.3 is 5.32 Å². The van der Waals surface area contributed by atoms with Crippen molar-refractivity contribution in [1.82, 2.24) is 0 Å². The van der Waals surface area contributed by atoms with Crippen molar-refractivity contribution in [1.29, 1.82) is 5.26 Å². The molecule has 0 saturated heterocycles. The molecular formula is C14H12FN3OS. The Labute approximate surface area is 119 Å². The molecule has 0 radical (unpaired) electrons. The van der Waals surface area contributed by atoms with Gasteiger partial charge in [0.15, 0.2) is 0 Å². The summed E-state index contributed by atoms with van der Waals surface area (Å²) in [5, 5.41) is 14.8. The molecule has 0 aliphatic heterocycles. The lowest BCUT2D eigenvalue weighted by Crippen LogP contribution is -2.19. The molecule has 0 fully saturated rings. The highest BCUT2D eigenvalue weighted by atomic mass is 32.1. The third kappa shape index (κ3) is 2.95. The second-order valence-electron chi connectivity index (χ2n) is 4.19. The standard InChI is InChI=1S/C14H12FN3OS/c1-8-9(2)20-13(12(8)7-16)18-14(19)17-11-5-3-10(15)4-6-11/h3-6H,1-2H3,(H2,17,18,19). The van der Waals surface area contributed by atoms with E-state index in [4.69, 9.17) is 5.26 Å². The molecule has 0 spiro atoms. The zero-order valence-electron chi connectivity index (χ0n) is 11.0. The largest absolute Gasteiger partial charge is 0.324 e. The number of nitrogens with one attached hydrogen (secondary N) is 2. The average Bonchev–Trinajstić information content (AvgIpc) is 2.67. The van der Waals surface area contributed by atoms with Crippen molar-refractivity contribution in [2.45, 2.75) is 13.8 Å². The van der Waals surface area contributed by atoms with Gasteiger partial charge in [-0.1, -0.05) is 0 Å². The number of hydrogen-bond acceptors (Lipinski definition) is 3. The molecular weight excluding hydrogens is 277 g/mol. The first kappa shape index (κ1) is 14.0. The number of hydrogen-bond donors (Lipinski definition) is 2. The first-order valence-electron chi connectivity index (χ1n) is 5.85. The highest BCUT2D eigenvalue weighted by molar-refractivity contribution is 7.16. The maximum atomic E-state index is 12.8. The highest BCUT2D eigenvalue weighted by Crippen LogP contribution is 2.31. The predicted octanol–water partition coefficient (Wildman–Crippen LogP) is 4.02. The van der Waals surface area contributed by atoms with Crippen LogP contribution < -0.4 is 10.6 Å². The van der Waals surface area contributed by atoms with Gasteiger partial charge in [0, 0.05) is 10.6 Å². The maximum Gasteiger partial charge on any atom is 0.324 e. The summed E-state index contributed by atoms with van der Waals surface area (Å²) in [6, 6.07) is 7.06. The third-order valence-corrected chi connectivity index (χ3v) is 3.95. The summed E-state index contributed by atoms with van der Waals surface area (Å²) >= 11 is 1.35. The Balaban J connectivity index is 2.11. The number of anilines is 2. The fraction of sp³-hybridized carbons (Fsp3) is 0.143. The Morgan fingerprint density at radius 1 is 1.25 bits per heavy atom. The number of carbonyl (C=O) groups is 1. The van der Waals surface area contributed by atoms with Crippen LogP contribution in [-0.2, 0) is 0 Å². The molecule has 6 heteroatoms. The van der Waals surface area contributed by atoms with E-state index in [0.29, 0.717) is 16.3 Å². The number of nitrogens with zero attached hydrogens (tertiary/aromatic N) is 1. The Hall–Kier alpha value is -2.39. The van der Waals surface area contributed by atoms with Crippen LogP contribution >= 0.6 is 11.3 Å². The molecule has 0 unspecified atom stereocenters. The molecule has 0 aliphatic rings. The lowest BCUT2D eigenvalue weighted by molar-refractivity contribution is 0.262. The van der Waals surface area contributed by atoms with Crippen LogP contribution in [0.25, 0.3) is 0 Å². The van der Waals surface area contributed by atoms with E-state index in [9.17, 15) is 9.18 Å². The summed E-state index contributed by atoms with van der Waals surface area (Å²) in [5.74, 6) is -0.368. The molecule has 1 heterocycles. The van der Waals surface area contributed by atoms with E-state index in [0.717, 1.165) is 10.4 Å². The van der Waals surface area contributed by atoms with Crippen molar-refractivity contribution in [3.05, 3.63) is 46.1 Å².